The van der Waals surface area contributed by atoms with E-state index in [1.54, 1.807) is 7.05 Å². The molecule has 1 aliphatic rings. The fourth-order valence-electron chi connectivity index (χ4n) is 1.25. The summed E-state index contributed by atoms with van der Waals surface area (Å²) in [6.07, 6.45) is 2.30. The molecule has 0 radical (unpaired) electrons. The van der Waals surface area contributed by atoms with Crippen LogP contribution < -0.4 is 4.90 Å². The lowest BCUT2D eigenvalue weighted by molar-refractivity contribution is -0.135. The maximum absolute atomic E-state index is 10.4. The largest absolute Gasteiger partial charge is 0.480 e. The smallest absolute Gasteiger partial charge is 0.323 e. The number of rotatable bonds is 4. The van der Waals surface area contributed by atoms with Gasteiger partial charge in [-0.25, -0.2) is 0 Å². The van der Waals surface area contributed by atoms with Gasteiger partial charge in [0.25, 0.3) is 0 Å². The summed E-state index contributed by atoms with van der Waals surface area (Å²) in [5, 5.41) is 15.3. The van der Waals surface area contributed by atoms with Gasteiger partial charge in [-0.3, -0.25) is 9.89 Å². The van der Waals surface area contributed by atoms with E-state index < -0.39 is 5.97 Å². The lowest BCUT2D eigenvalue weighted by Crippen LogP contribution is -2.26. The van der Waals surface area contributed by atoms with Crippen molar-refractivity contribution in [1.29, 1.82) is 0 Å². The Hall–Kier alpha value is -1.59. The van der Waals surface area contributed by atoms with Crippen LogP contribution in [0.1, 0.15) is 24.6 Å². The summed E-state index contributed by atoms with van der Waals surface area (Å²) in [5.74, 6) is 0.950. The van der Waals surface area contributed by atoms with Gasteiger partial charge < -0.3 is 10.0 Å². The Morgan fingerprint density at radius 1 is 1.71 bits per heavy atom. The number of hydrogen-bond donors (Lipinski definition) is 2. The van der Waals surface area contributed by atoms with Crippen LogP contribution in [0.5, 0.6) is 0 Å². The monoisotopic (exact) mass is 196 g/mol. The number of aliphatic carboxylic acids is 1. The van der Waals surface area contributed by atoms with Crippen LogP contribution in [0.4, 0.5) is 5.95 Å². The molecule has 0 bridgehead atoms. The summed E-state index contributed by atoms with van der Waals surface area (Å²) in [4.78, 5) is 16.2. The second-order valence-corrected chi connectivity index (χ2v) is 3.54. The van der Waals surface area contributed by atoms with Crippen molar-refractivity contribution < 1.29 is 9.90 Å². The molecule has 6 heteroatoms. The van der Waals surface area contributed by atoms with Crippen molar-refractivity contribution in [2.75, 3.05) is 18.5 Å². The van der Waals surface area contributed by atoms with Gasteiger partial charge in [0.2, 0.25) is 5.95 Å². The van der Waals surface area contributed by atoms with Crippen molar-refractivity contribution in [3.63, 3.8) is 0 Å². The predicted molar refractivity (Wildman–Crippen MR) is 49.3 cm³/mol. The van der Waals surface area contributed by atoms with Gasteiger partial charge in [-0.15, -0.1) is 5.10 Å². The maximum atomic E-state index is 10.4. The highest BCUT2D eigenvalue weighted by molar-refractivity contribution is 5.72. The Morgan fingerprint density at radius 2 is 2.43 bits per heavy atom. The molecule has 6 nitrogen and oxygen atoms in total. The minimum atomic E-state index is -0.884. The van der Waals surface area contributed by atoms with Crippen LogP contribution in [0.3, 0.4) is 0 Å². The number of anilines is 1. The number of likely N-dealkylation sites (N-methyl/N-ethyl adjacent to an activating group) is 1. The standard InChI is InChI=1S/C8H12N4O2/c1-12(4-6(13)14)8-9-7(10-11-8)5-2-3-5/h5H,2-4H2,1H3,(H,13,14)(H,9,10,11). The first-order valence-corrected chi connectivity index (χ1v) is 4.52. The maximum Gasteiger partial charge on any atom is 0.323 e. The molecule has 1 aromatic heterocycles. The molecule has 0 spiro atoms. The molecule has 0 aliphatic heterocycles. The number of nitrogens with one attached hydrogen (secondary N) is 1. The molecule has 0 amide bonds. The topological polar surface area (TPSA) is 82.1 Å². The first-order valence-electron chi connectivity index (χ1n) is 4.52. The Bertz CT molecular complexity index is 345. The zero-order chi connectivity index (χ0) is 10.1. The number of H-pyrrole nitrogens is 1. The summed E-state index contributed by atoms with van der Waals surface area (Å²) in [5.41, 5.74) is 0. The quantitative estimate of drug-likeness (QED) is 0.719. The van der Waals surface area contributed by atoms with Crippen LogP contribution in [0.15, 0.2) is 0 Å². The van der Waals surface area contributed by atoms with Crippen molar-refractivity contribution in [2.45, 2.75) is 18.8 Å². The van der Waals surface area contributed by atoms with E-state index in [0.29, 0.717) is 11.9 Å². The molecular weight excluding hydrogens is 184 g/mol. The Morgan fingerprint density at radius 3 is 3.00 bits per heavy atom. The lowest BCUT2D eigenvalue weighted by Gasteiger charge is -2.10. The van der Waals surface area contributed by atoms with Crippen molar-refractivity contribution in [2.24, 2.45) is 0 Å². The number of aromatic nitrogens is 3. The molecule has 76 valence electrons. The minimum absolute atomic E-state index is 0.0814. The average molecular weight is 196 g/mol. The van der Waals surface area contributed by atoms with Gasteiger partial charge in [0.1, 0.15) is 12.4 Å². The Balaban J connectivity index is 2.03. The average Bonchev–Trinajstić information content (AvgIpc) is 2.82. The lowest BCUT2D eigenvalue weighted by atomic mass is 10.4. The molecule has 2 rings (SSSR count). The van der Waals surface area contributed by atoms with E-state index in [4.69, 9.17) is 5.11 Å². The summed E-state index contributed by atoms with van der Waals surface area (Å²) in [7, 11) is 1.66. The first kappa shape index (κ1) is 8.98. The van der Waals surface area contributed by atoms with Gasteiger partial charge in [0.05, 0.1) is 0 Å². The normalized spacial score (nSPS) is 15.5. The fourth-order valence-corrected chi connectivity index (χ4v) is 1.25. The van der Waals surface area contributed by atoms with E-state index in [1.807, 2.05) is 0 Å². The molecule has 1 aromatic rings. The molecule has 1 heterocycles. The third kappa shape index (κ3) is 1.84. The van der Waals surface area contributed by atoms with Gasteiger partial charge in [-0.2, -0.15) is 4.98 Å². The van der Waals surface area contributed by atoms with Gasteiger partial charge in [-0.05, 0) is 12.8 Å². The Labute approximate surface area is 80.9 Å². The number of nitrogens with zero attached hydrogens (tertiary/aromatic N) is 3. The van der Waals surface area contributed by atoms with Crippen molar-refractivity contribution in [3.05, 3.63) is 5.82 Å². The second-order valence-electron chi connectivity index (χ2n) is 3.54. The third-order valence-electron chi connectivity index (χ3n) is 2.17. The van der Waals surface area contributed by atoms with Crippen LogP contribution in [0.25, 0.3) is 0 Å². The Kier molecular flexibility index (Phi) is 2.11. The predicted octanol–water partition coefficient (Wildman–Crippen LogP) is 0.203. The molecule has 0 unspecified atom stereocenters. The molecule has 0 aromatic carbocycles. The van der Waals surface area contributed by atoms with Crippen molar-refractivity contribution in [1.82, 2.24) is 15.2 Å². The summed E-state index contributed by atoms with van der Waals surface area (Å²) < 4.78 is 0. The number of carboxylic acid groups (broad SMARTS) is 1. The highest BCUT2D eigenvalue weighted by Gasteiger charge is 2.27. The van der Waals surface area contributed by atoms with E-state index in [1.165, 1.54) is 4.90 Å². The molecule has 0 atom stereocenters. The van der Waals surface area contributed by atoms with Gasteiger partial charge in [-0.1, -0.05) is 0 Å². The van der Waals surface area contributed by atoms with Gasteiger partial charge >= 0.3 is 5.97 Å². The first-order chi connectivity index (χ1) is 6.66. The van der Waals surface area contributed by atoms with Crippen LogP contribution in [0.2, 0.25) is 0 Å². The molecule has 0 saturated heterocycles. The molecule has 1 fully saturated rings. The van der Waals surface area contributed by atoms with Crippen molar-refractivity contribution >= 4 is 11.9 Å². The van der Waals surface area contributed by atoms with Crippen LogP contribution in [-0.4, -0.2) is 39.8 Å². The summed E-state index contributed by atoms with van der Waals surface area (Å²) >= 11 is 0. The SMILES string of the molecule is CN(CC(=O)O)c1n[nH]c(C2CC2)n1. The molecule has 2 N–H and O–H groups in total. The van der Waals surface area contributed by atoms with Crippen LogP contribution in [-0.2, 0) is 4.79 Å². The highest BCUT2D eigenvalue weighted by Crippen LogP contribution is 2.38. The third-order valence-corrected chi connectivity index (χ3v) is 2.17. The van der Waals surface area contributed by atoms with E-state index in [2.05, 4.69) is 15.2 Å². The molecule has 14 heavy (non-hydrogen) atoms. The zero-order valence-electron chi connectivity index (χ0n) is 7.90. The molecule has 1 aliphatic carbocycles. The summed E-state index contributed by atoms with van der Waals surface area (Å²) in [6.45, 7) is -0.0814. The van der Waals surface area contributed by atoms with E-state index >= 15 is 0 Å². The number of carboxylic acids is 1. The van der Waals surface area contributed by atoms with Crippen molar-refractivity contribution in [3.8, 4) is 0 Å². The number of carbonyl (C=O) groups is 1. The summed E-state index contributed by atoms with van der Waals surface area (Å²) in [6, 6.07) is 0. The minimum Gasteiger partial charge on any atom is -0.480 e. The highest BCUT2D eigenvalue weighted by atomic mass is 16.4. The number of hydrogen-bond acceptors (Lipinski definition) is 4. The van der Waals surface area contributed by atoms with E-state index in [0.717, 1.165) is 18.7 Å². The van der Waals surface area contributed by atoms with Gasteiger partial charge in [0, 0.05) is 13.0 Å². The van der Waals surface area contributed by atoms with E-state index in [9.17, 15) is 4.79 Å². The zero-order valence-corrected chi connectivity index (χ0v) is 7.90. The molecular formula is C8H12N4O2. The van der Waals surface area contributed by atoms with Gasteiger partial charge in [0.15, 0.2) is 0 Å². The van der Waals surface area contributed by atoms with Crippen LogP contribution in [0, 0.1) is 0 Å². The number of aromatic amines is 1. The van der Waals surface area contributed by atoms with E-state index in [-0.39, 0.29) is 6.54 Å². The fraction of sp³-hybridized carbons (Fsp3) is 0.625. The van der Waals surface area contributed by atoms with Crippen LogP contribution >= 0.6 is 0 Å². The molecule has 1 saturated carbocycles. The second kappa shape index (κ2) is 3.28.